The van der Waals surface area contributed by atoms with Gasteiger partial charge in [0.2, 0.25) is 0 Å². The summed E-state index contributed by atoms with van der Waals surface area (Å²) in [6, 6.07) is 3.30. The first kappa shape index (κ1) is 24.1. The molecule has 0 saturated carbocycles. The van der Waals surface area contributed by atoms with E-state index in [1.54, 1.807) is 16.7 Å². The lowest BCUT2D eigenvalue weighted by Gasteiger charge is -2.13. The number of thiophene rings is 1. The van der Waals surface area contributed by atoms with E-state index in [1.165, 1.54) is 18.4 Å². The van der Waals surface area contributed by atoms with Gasteiger partial charge in [0.05, 0.1) is 17.7 Å². The number of aliphatic hydroxyl groups is 1. The van der Waals surface area contributed by atoms with Crippen LogP contribution < -0.4 is 11.2 Å². The monoisotopic (exact) mass is 484 g/mol. The SMILES string of the molecule is Cc1cc(CO)c(F)c(-c2c(Cc3c(C)n[nH]c3C)sc3c2c(=O)n(C)c(=O)n3CC(C)C)c1. The maximum absolute atomic E-state index is 15.6. The first-order valence-electron chi connectivity index (χ1n) is 11.2. The minimum absolute atomic E-state index is 0.169. The number of H-pyrrole nitrogens is 1. The van der Waals surface area contributed by atoms with Crippen molar-refractivity contribution in [1.82, 2.24) is 19.3 Å². The molecule has 0 fully saturated rings. The van der Waals surface area contributed by atoms with Crippen molar-refractivity contribution in [3.63, 3.8) is 0 Å². The Balaban J connectivity index is 2.17. The molecule has 0 aliphatic rings. The lowest BCUT2D eigenvalue weighted by molar-refractivity contribution is 0.276. The number of benzene rings is 1. The van der Waals surface area contributed by atoms with Crippen molar-refractivity contribution >= 4 is 21.6 Å². The molecule has 2 N–H and O–H groups in total. The second-order valence-electron chi connectivity index (χ2n) is 9.26. The number of nitrogens with one attached hydrogen (secondary N) is 1. The van der Waals surface area contributed by atoms with Crippen molar-refractivity contribution in [2.45, 2.75) is 54.2 Å². The number of halogens is 1. The summed E-state index contributed by atoms with van der Waals surface area (Å²) >= 11 is 1.35. The van der Waals surface area contributed by atoms with Crippen LogP contribution in [-0.2, 0) is 26.6 Å². The van der Waals surface area contributed by atoms with Crippen LogP contribution in [-0.4, -0.2) is 24.4 Å². The molecule has 34 heavy (non-hydrogen) atoms. The standard InChI is InChI=1S/C25H29FN4O3S/c1-12(2)10-30-24-21(23(32)29(6)25(30)33)20(18-8-13(3)7-16(11-31)22(18)26)19(34-24)9-17-14(4)27-28-15(17)5/h7-8,12,31H,9-11H2,1-6H3,(H,27,28). The largest absolute Gasteiger partial charge is 0.392 e. The van der Waals surface area contributed by atoms with Gasteiger partial charge in [0.1, 0.15) is 10.6 Å². The molecule has 0 amide bonds. The van der Waals surface area contributed by atoms with Gasteiger partial charge in [-0.05, 0) is 38.3 Å². The van der Waals surface area contributed by atoms with Crippen LogP contribution in [0.4, 0.5) is 4.39 Å². The number of aromatic amines is 1. The van der Waals surface area contributed by atoms with Crippen LogP contribution >= 0.6 is 11.3 Å². The fourth-order valence-corrected chi connectivity index (χ4v) is 5.77. The molecule has 3 heterocycles. The van der Waals surface area contributed by atoms with Crippen molar-refractivity contribution in [3.05, 3.63) is 71.7 Å². The average Bonchev–Trinajstić information content (AvgIpc) is 3.31. The summed E-state index contributed by atoms with van der Waals surface area (Å²) in [7, 11) is 1.46. The van der Waals surface area contributed by atoms with E-state index in [4.69, 9.17) is 0 Å². The topological polar surface area (TPSA) is 92.9 Å². The van der Waals surface area contributed by atoms with Gasteiger partial charge < -0.3 is 5.11 Å². The average molecular weight is 485 g/mol. The maximum Gasteiger partial charge on any atom is 0.331 e. The Kier molecular flexibility index (Phi) is 6.35. The molecular formula is C25H29FN4O3S. The lowest BCUT2D eigenvalue weighted by Crippen LogP contribution is -2.38. The molecular weight excluding hydrogens is 455 g/mol. The summed E-state index contributed by atoms with van der Waals surface area (Å²) in [6.07, 6.45) is 0.434. The lowest BCUT2D eigenvalue weighted by atomic mass is 9.95. The smallest absolute Gasteiger partial charge is 0.331 e. The van der Waals surface area contributed by atoms with Crippen molar-refractivity contribution in [3.8, 4) is 11.1 Å². The van der Waals surface area contributed by atoms with Gasteiger partial charge in [-0.3, -0.25) is 19.0 Å². The van der Waals surface area contributed by atoms with Gasteiger partial charge in [0.15, 0.2) is 0 Å². The van der Waals surface area contributed by atoms with Gasteiger partial charge in [-0.25, -0.2) is 9.18 Å². The highest BCUT2D eigenvalue weighted by atomic mass is 32.1. The molecule has 3 aromatic heterocycles. The second kappa shape index (κ2) is 8.96. The van der Waals surface area contributed by atoms with Crippen LogP contribution in [0.15, 0.2) is 21.7 Å². The normalized spacial score (nSPS) is 11.8. The fourth-order valence-electron chi connectivity index (χ4n) is 4.45. The number of nitrogens with zero attached hydrogens (tertiary/aromatic N) is 3. The van der Waals surface area contributed by atoms with Gasteiger partial charge >= 0.3 is 5.69 Å². The van der Waals surface area contributed by atoms with Gasteiger partial charge in [-0.15, -0.1) is 11.3 Å². The zero-order chi connectivity index (χ0) is 24.9. The highest BCUT2D eigenvalue weighted by molar-refractivity contribution is 7.19. The Hall–Kier alpha value is -3.04. The molecule has 0 aliphatic heterocycles. The number of aryl methyl sites for hydroxylation is 3. The summed E-state index contributed by atoms with van der Waals surface area (Å²) in [4.78, 5) is 27.8. The Labute approximate surface area is 200 Å². The van der Waals surface area contributed by atoms with Gasteiger partial charge in [-0.1, -0.05) is 19.9 Å². The molecule has 0 bridgehead atoms. The van der Waals surface area contributed by atoms with Crippen molar-refractivity contribution in [2.75, 3.05) is 0 Å². The summed E-state index contributed by atoms with van der Waals surface area (Å²) in [5, 5.41) is 17.3. The summed E-state index contributed by atoms with van der Waals surface area (Å²) in [6.45, 7) is 9.64. The first-order valence-corrected chi connectivity index (χ1v) is 12.0. The molecule has 0 spiro atoms. The first-order chi connectivity index (χ1) is 16.0. The van der Waals surface area contributed by atoms with E-state index in [2.05, 4.69) is 10.2 Å². The Morgan fingerprint density at radius 1 is 1.21 bits per heavy atom. The molecule has 4 rings (SSSR count). The molecule has 7 nitrogen and oxygen atoms in total. The molecule has 1 aromatic carbocycles. The molecule has 0 saturated heterocycles. The predicted molar refractivity (Wildman–Crippen MR) is 133 cm³/mol. The second-order valence-corrected chi connectivity index (χ2v) is 10.3. The quantitative estimate of drug-likeness (QED) is 0.433. The summed E-state index contributed by atoms with van der Waals surface area (Å²) < 4.78 is 18.3. The highest BCUT2D eigenvalue weighted by Gasteiger charge is 2.26. The molecule has 9 heteroatoms. The van der Waals surface area contributed by atoms with E-state index in [-0.39, 0.29) is 22.7 Å². The maximum atomic E-state index is 15.6. The van der Waals surface area contributed by atoms with E-state index < -0.39 is 18.0 Å². The Bertz CT molecular complexity index is 1500. The van der Waals surface area contributed by atoms with E-state index in [9.17, 15) is 14.7 Å². The third-order valence-corrected chi connectivity index (χ3v) is 7.35. The number of aliphatic hydroxyl groups excluding tert-OH is 1. The van der Waals surface area contributed by atoms with Gasteiger partial charge in [0, 0.05) is 52.8 Å². The van der Waals surface area contributed by atoms with Gasteiger partial charge in [0.25, 0.3) is 5.56 Å². The van der Waals surface area contributed by atoms with E-state index in [0.717, 1.165) is 32.0 Å². The zero-order valence-electron chi connectivity index (χ0n) is 20.2. The van der Waals surface area contributed by atoms with Crippen LogP contribution in [0.1, 0.15) is 46.8 Å². The van der Waals surface area contributed by atoms with Gasteiger partial charge in [-0.2, -0.15) is 5.10 Å². The van der Waals surface area contributed by atoms with Crippen LogP contribution in [0.25, 0.3) is 21.3 Å². The van der Waals surface area contributed by atoms with E-state index in [0.29, 0.717) is 28.7 Å². The Morgan fingerprint density at radius 2 is 1.91 bits per heavy atom. The highest BCUT2D eigenvalue weighted by Crippen LogP contribution is 2.41. The Morgan fingerprint density at radius 3 is 2.50 bits per heavy atom. The van der Waals surface area contributed by atoms with Crippen molar-refractivity contribution in [2.24, 2.45) is 13.0 Å². The number of hydrogen-bond acceptors (Lipinski definition) is 5. The zero-order valence-corrected chi connectivity index (χ0v) is 21.1. The molecule has 4 aromatic rings. The van der Waals surface area contributed by atoms with Crippen molar-refractivity contribution < 1.29 is 9.50 Å². The van der Waals surface area contributed by atoms with Crippen LogP contribution in [0.3, 0.4) is 0 Å². The minimum atomic E-state index is -0.557. The number of aromatic nitrogens is 4. The van der Waals surface area contributed by atoms with Crippen LogP contribution in [0.2, 0.25) is 0 Å². The minimum Gasteiger partial charge on any atom is -0.392 e. The van der Waals surface area contributed by atoms with Crippen molar-refractivity contribution in [1.29, 1.82) is 0 Å². The predicted octanol–water partition coefficient (Wildman–Crippen LogP) is 3.96. The third-order valence-electron chi connectivity index (χ3n) is 6.14. The van der Waals surface area contributed by atoms with Crippen LogP contribution in [0, 0.1) is 32.5 Å². The number of hydrogen-bond donors (Lipinski definition) is 2. The molecule has 0 aliphatic carbocycles. The third kappa shape index (κ3) is 3.92. The van der Waals surface area contributed by atoms with Crippen LogP contribution in [0.5, 0.6) is 0 Å². The summed E-state index contributed by atoms with van der Waals surface area (Å²) in [5.74, 6) is -0.388. The molecule has 0 atom stereocenters. The number of fused-ring (bicyclic) bond motifs is 1. The molecule has 0 radical (unpaired) electrons. The van der Waals surface area contributed by atoms with E-state index >= 15 is 4.39 Å². The van der Waals surface area contributed by atoms with E-state index in [1.807, 2.05) is 34.6 Å². The fraction of sp³-hybridized carbons (Fsp3) is 0.400. The number of rotatable bonds is 6. The molecule has 0 unspecified atom stereocenters. The molecule has 180 valence electrons. The summed E-state index contributed by atoms with van der Waals surface area (Å²) in [5.41, 5.74) is 3.54.